The van der Waals surface area contributed by atoms with Crippen LogP contribution in [0.5, 0.6) is 0 Å². The molecule has 0 saturated heterocycles. The monoisotopic (exact) mass is 122 g/mol. The standard InChI is InChI=1S/CH4BBrO/c1-2(3)4/h4H,1H3. The molecule has 0 rings (SSSR count). The SMILES string of the molecule is CB(O)Br. The zero-order valence-corrected chi connectivity index (χ0v) is 3.99. The van der Waals surface area contributed by atoms with Gasteiger partial charge in [-0.3, -0.25) is 0 Å². The molecular weight excluding hydrogens is 119 g/mol. The zero-order valence-electron chi connectivity index (χ0n) is 2.40. The molecule has 0 fully saturated rings. The summed E-state index contributed by atoms with van der Waals surface area (Å²) in [5.74, 6) is 0. The molecule has 1 nitrogen and oxygen atoms in total. The largest absolute Gasteiger partial charge is 0.441 e. The maximum atomic E-state index is 7.97. The predicted octanol–water partition coefficient (Wildman–Crippen LogP) is 0.492. The second-order valence-corrected chi connectivity index (χ2v) is 1.90. The Balaban J connectivity index is 2.32. The average Bonchev–Trinajstić information content (AvgIpc) is 0.811. The van der Waals surface area contributed by atoms with E-state index < -0.39 is 0 Å². The zero-order chi connectivity index (χ0) is 3.58. The highest BCUT2D eigenvalue weighted by molar-refractivity contribution is 9.24. The van der Waals surface area contributed by atoms with Crippen LogP contribution in [-0.2, 0) is 0 Å². The molecule has 1 N–H and O–H groups in total. The van der Waals surface area contributed by atoms with Gasteiger partial charge in [-0.15, -0.1) is 15.8 Å². The van der Waals surface area contributed by atoms with Gasteiger partial charge in [0.05, 0.1) is 0 Å². The third-order valence-electron chi connectivity index (χ3n) is 0. The van der Waals surface area contributed by atoms with Gasteiger partial charge < -0.3 is 5.02 Å². The Bertz CT molecular complexity index is 12.8. The van der Waals surface area contributed by atoms with E-state index in [0.717, 1.165) is 0 Å². The van der Waals surface area contributed by atoms with Gasteiger partial charge in [0.1, 0.15) is 0 Å². The van der Waals surface area contributed by atoms with E-state index in [-0.39, 0.29) is 5.74 Å². The van der Waals surface area contributed by atoms with Crippen molar-refractivity contribution in [3.63, 3.8) is 0 Å². The summed E-state index contributed by atoms with van der Waals surface area (Å²) >= 11 is 2.83. The van der Waals surface area contributed by atoms with Crippen molar-refractivity contribution >= 4 is 21.5 Å². The summed E-state index contributed by atoms with van der Waals surface area (Å²) < 4.78 is 0. The summed E-state index contributed by atoms with van der Waals surface area (Å²) in [6.07, 6.45) is 0. The van der Waals surface area contributed by atoms with Gasteiger partial charge in [0.25, 0.3) is 0 Å². The van der Waals surface area contributed by atoms with E-state index in [1.165, 1.54) is 0 Å². The highest BCUT2D eigenvalue weighted by atomic mass is 79.9. The molecule has 0 aliphatic carbocycles. The average molecular weight is 123 g/mol. The van der Waals surface area contributed by atoms with Gasteiger partial charge in [0.15, 0.2) is 0 Å². The smallest absolute Gasteiger partial charge is 0.364 e. The van der Waals surface area contributed by atoms with Crippen LogP contribution in [0, 0.1) is 0 Å². The Labute approximate surface area is 34.1 Å². The van der Waals surface area contributed by atoms with Crippen LogP contribution in [0.4, 0.5) is 0 Å². The molecule has 0 aromatic rings. The van der Waals surface area contributed by atoms with E-state index in [9.17, 15) is 0 Å². The van der Waals surface area contributed by atoms with Crippen LogP contribution < -0.4 is 0 Å². The molecule has 0 unspecified atom stereocenters. The lowest BCUT2D eigenvalue weighted by Gasteiger charge is -1.69. The molecule has 0 radical (unpaired) electrons. The van der Waals surface area contributed by atoms with Crippen LogP contribution in [-0.4, -0.2) is 10.8 Å². The lowest BCUT2D eigenvalue weighted by Crippen LogP contribution is -1.86. The summed E-state index contributed by atoms with van der Waals surface area (Å²) in [4.78, 5) is 0. The summed E-state index contributed by atoms with van der Waals surface area (Å²) in [6, 6.07) is 0. The van der Waals surface area contributed by atoms with Crippen molar-refractivity contribution in [1.29, 1.82) is 0 Å². The number of hydrogen-bond acceptors (Lipinski definition) is 1. The van der Waals surface area contributed by atoms with Crippen molar-refractivity contribution in [1.82, 2.24) is 0 Å². The van der Waals surface area contributed by atoms with E-state index in [2.05, 4.69) is 15.8 Å². The summed E-state index contributed by atoms with van der Waals surface area (Å²) in [6.45, 7) is 1.64. The first-order valence-corrected chi connectivity index (χ1v) is 1.97. The number of halogens is 1. The third kappa shape index (κ3) is 22.3. The fraction of sp³-hybridized carbons (Fsp3) is 1.00. The highest BCUT2D eigenvalue weighted by Crippen LogP contribution is 1.79. The first-order chi connectivity index (χ1) is 1.73. The Morgan fingerprint density at radius 3 is 2.00 bits per heavy atom. The van der Waals surface area contributed by atoms with E-state index in [1.54, 1.807) is 6.82 Å². The number of hydrogen-bond donors (Lipinski definition) is 1. The summed E-state index contributed by atoms with van der Waals surface area (Å²) in [5, 5.41) is 7.97. The van der Waals surface area contributed by atoms with Gasteiger partial charge in [-0.05, 0) is 6.82 Å². The highest BCUT2D eigenvalue weighted by Gasteiger charge is 1.84. The first kappa shape index (κ1) is 4.50. The van der Waals surface area contributed by atoms with Gasteiger partial charge >= 0.3 is 5.74 Å². The fourth-order valence-corrected chi connectivity index (χ4v) is 0. The minimum absolute atomic E-state index is 0.354. The molecule has 0 aromatic carbocycles. The molecule has 0 aromatic heterocycles. The van der Waals surface area contributed by atoms with Crippen LogP contribution in [0.25, 0.3) is 0 Å². The van der Waals surface area contributed by atoms with E-state index in [1.807, 2.05) is 0 Å². The molecule has 0 atom stereocenters. The maximum Gasteiger partial charge on any atom is 0.364 e. The Morgan fingerprint density at radius 2 is 2.00 bits per heavy atom. The van der Waals surface area contributed by atoms with Crippen molar-refractivity contribution in [2.24, 2.45) is 0 Å². The molecule has 4 heavy (non-hydrogen) atoms. The van der Waals surface area contributed by atoms with E-state index in [0.29, 0.717) is 0 Å². The molecule has 0 bridgehead atoms. The van der Waals surface area contributed by atoms with Crippen molar-refractivity contribution < 1.29 is 5.02 Å². The Hall–Kier alpha value is 0.505. The van der Waals surface area contributed by atoms with Crippen LogP contribution >= 0.6 is 15.8 Å². The van der Waals surface area contributed by atoms with Gasteiger partial charge in [0.2, 0.25) is 0 Å². The Kier molecular flexibility index (Phi) is 2.02. The molecule has 0 amide bonds. The molecular formula is CH4BBrO. The van der Waals surface area contributed by atoms with Crippen molar-refractivity contribution in [2.75, 3.05) is 0 Å². The Morgan fingerprint density at radius 1 is 2.00 bits per heavy atom. The van der Waals surface area contributed by atoms with Crippen molar-refractivity contribution in [3.05, 3.63) is 0 Å². The molecule has 0 heterocycles. The minimum Gasteiger partial charge on any atom is -0.441 e. The molecule has 0 aliphatic rings. The lowest BCUT2D eigenvalue weighted by molar-refractivity contribution is 0.604. The predicted molar refractivity (Wildman–Crippen MR) is 22.8 cm³/mol. The molecule has 3 heteroatoms. The van der Waals surface area contributed by atoms with Gasteiger partial charge in [-0.1, -0.05) is 0 Å². The van der Waals surface area contributed by atoms with Crippen molar-refractivity contribution in [2.45, 2.75) is 6.82 Å². The molecule has 0 saturated carbocycles. The number of rotatable bonds is 0. The van der Waals surface area contributed by atoms with Crippen LogP contribution in [0.15, 0.2) is 0 Å². The normalized spacial score (nSPS) is 6.75. The second kappa shape index (κ2) is 1.79. The summed E-state index contributed by atoms with van der Waals surface area (Å²) in [7, 11) is 0. The molecule has 0 aliphatic heterocycles. The first-order valence-electron chi connectivity index (χ1n) is 1.05. The van der Waals surface area contributed by atoms with Crippen LogP contribution in [0.1, 0.15) is 0 Å². The van der Waals surface area contributed by atoms with Crippen LogP contribution in [0.3, 0.4) is 0 Å². The minimum atomic E-state index is -0.354. The molecule has 0 spiro atoms. The second-order valence-electron chi connectivity index (χ2n) is 0.574. The summed E-state index contributed by atoms with van der Waals surface area (Å²) in [5.41, 5.74) is -0.354. The third-order valence-corrected chi connectivity index (χ3v) is 0. The van der Waals surface area contributed by atoms with E-state index in [4.69, 9.17) is 5.02 Å². The lowest BCUT2D eigenvalue weighted by atomic mass is 10.1. The maximum absolute atomic E-state index is 7.97. The molecule has 24 valence electrons. The fourth-order valence-electron chi connectivity index (χ4n) is 0. The quantitative estimate of drug-likeness (QED) is 0.464. The van der Waals surface area contributed by atoms with Gasteiger partial charge in [-0.25, -0.2) is 0 Å². The topological polar surface area (TPSA) is 20.2 Å². The van der Waals surface area contributed by atoms with Crippen LogP contribution in [0.2, 0.25) is 6.82 Å². The van der Waals surface area contributed by atoms with E-state index >= 15 is 0 Å². The van der Waals surface area contributed by atoms with Gasteiger partial charge in [-0.2, -0.15) is 0 Å². The van der Waals surface area contributed by atoms with Crippen molar-refractivity contribution in [3.8, 4) is 0 Å². The van der Waals surface area contributed by atoms with Gasteiger partial charge in [0, 0.05) is 0 Å².